The minimum atomic E-state index is -0.446. The van der Waals surface area contributed by atoms with Crippen LogP contribution in [0.5, 0.6) is 0 Å². The van der Waals surface area contributed by atoms with E-state index in [0.717, 1.165) is 135 Å². The van der Waals surface area contributed by atoms with E-state index in [0.29, 0.717) is 43.6 Å². The van der Waals surface area contributed by atoms with Crippen LogP contribution in [0.2, 0.25) is 0 Å². The molecule has 4 amide bonds. The average molecular weight is 1200 g/mol. The number of hydrogen-bond donors (Lipinski definition) is 6. The lowest BCUT2D eigenvalue weighted by atomic mass is 9.91. The summed E-state index contributed by atoms with van der Waals surface area (Å²) in [5.41, 5.74) is 7.90. The van der Waals surface area contributed by atoms with E-state index in [9.17, 15) is 33.2 Å². The van der Waals surface area contributed by atoms with Crippen LogP contribution in [0.3, 0.4) is 0 Å². The minimum Gasteiger partial charge on any atom is -0.352 e. The predicted molar refractivity (Wildman–Crippen MR) is 343 cm³/mol. The molecular weight excluding hydrogens is 1110 g/mol. The van der Waals surface area contributed by atoms with Gasteiger partial charge in [0.1, 0.15) is 5.82 Å². The summed E-state index contributed by atoms with van der Waals surface area (Å²) in [4.78, 5) is 102. The maximum absolute atomic E-state index is 14.4. The highest BCUT2D eigenvalue weighted by atomic mass is 19.1. The number of carbonyl (C=O) groups is 4. The Balaban J connectivity index is 0.630. The molecule has 0 unspecified atom stereocenters. The Morgan fingerprint density at radius 3 is 1.39 bits per heavy atom. The lowest BCUT2D eigenvalue weighted by Gasteiger charge is -2.43. The van der Waals surface area contributed by atoms with Crippen LogP contribution in [0, 0.1) is 12.7 Å². The first kappa shape index (κ1) is 62.7. The standard InChI is InChI=1S/C69H91FN12O6/c1-44-12-14-47(15-13-44)26-51-30-58-64(75-66(51)87)68(4,5)42-81(58)62(85)40-79-34-45(2)71-32-56(79)38-77-24-8-10-54(36-77)73-60(83)28-49-16-18-50(19-17-49)29-61(84)74-55-11-9-25-78(37-55)39-57-33-72-46(3)35-80(57)41-63(86)82-43-69(6,7)65-59(82)31-52(67(88)76-65)27-48-20-22-53(70)23-21-48/h12-23,30-31,45-46,54-57,71-72H,8-11,24-29,32-43H2,1-7H3,(H,73,83)(H,74,84)(H,75,87)(H,76,88)/t45-,46-,54-,55-,56-,57-/m1/s1. The van der Waals surface area contributed by atoms with Gasteiger partial charge in [0.2, 0.25) is 23.6 Å². The molecule has 11 rings (SSSR count). The molecule has 0 bridgehead atoms. The number of piperidine rings is 2. The van der Waals surface area contributed by atoms with Crippen LogP contribution in [-0.2, 0) is 55.7 Å². The number of aromatic amines is 2. The number of fused-ring (bicyclic) bond motifs is 2. The van der Waals surface area contributed by atoms with Gasteiger partial charge in [0.05, 0.1) is 37.3 Å². The zero-order valence-corrected chi connectivity index (χ0v) is 52.6. The zero-order valence-electron chi connectivity index (χ0n) is 52.6. The van der Waals surface area contributed by atoms with E-state index < -0.39 is 10.8 Å². The number of benzene rings is 3. The molecule has 0 radical (unpaired) electrons. The number of piperazine rings is 2. The molecule has 6 N–H and O–H groups in total. The molecule has 88 heavy (non-hydrogen) atoms. The van der Waals surface area contributed by atoms with E-state index in [4.69, 9.17) is 0 Å². The van der Waals surface area contributed by atoms with E-state index >= 15 is 0 Å². The number of rotatable bonds is 18. The molecular formula is C69H91FN12O6. The summed E-state index contributed by atoms with van der Waals surface area (Å²) in [6, 6.07) is 26.5. The van der Waals surface area contributed by atoms with Crippen LogP contribution < -0.4 is 42.2 Å². The molecule has 0 saturated carbocycles. The number of nitrogens with zero attached hydrogens (tertiary/aromatic N) is 6. The number of aromatic nitrogens is 2. The van der Waals surface area contributed by atoms with Gasteiger partial charge < -0.3 is 41.0 Å². The monoisotopic (exact) mass is 1200 g/mol. The third-order valence-electron chi connectivity index (χ3n) is 19.2. The maximum Gasteiger partial charge on any atom is 0.251 e. The Morgan fingerprint density at radius 1 is 0.568 bits per heavy atom. The van der Waals surface area contributed by atoms with Gasteiger partial charge in [-0.1, -0.05) is 93.9 Å². The second-order valence-corrected chi connectivity index (χ2v) is 27.7. The number of halogens is 1. The number of amides is 4. The second-order valence-electron chi connectivity index (χ2n) is 27.7. The molecule has 8 heterocycles. The summed E-state index contributed by atoms with van der Waals surface area (Å²) in [5.74, 6) is -0.386. The molecule has 4 fully saturated rings. The van der Waals surface area contributed by atoms with Crippen LogP contribution in [0.25, 0.3) is 0 Å². The Kier molecular flexibility index (Phi) is 19.0. The van der Waals surface area contributed by atoms with Crippen molar-refractivity contribution in [3.63, 3.8) is 0 Å². The molecule has 6 aliphatic heterocycles. The molecule has 2 aromatic heterocycles. The SMILES string of the molecule is Cc1ccc(Cc2cc3c([nH]c2=O)C(C)(C)CN3C(=O)CN2C[C@@H](C)NC[C@@H]2CN2CCC[C@@H](NC(=O)Cc3ccc(CC(=O)N[C@@H]4CCCN(C[C@H]5CN[C@H](C)CN5CC(=O)N5CC(C)(C)c6[nH]c(=O)c(Cc7ccc(F)cc7)cc65)C4)cc3)C2)cc1. The first-order chi connectivity index (χ1) is 42.1. The number of pyridine rings is 2. The van der Waals surface area contributed by atoms with Crippen LogP contribution in [0.15, 0.2) is 94.5 Å². The van der Waals surface area contributed by atoms with Gasteiger partial charge in [-0.25, -0.2) is 4.39 Å². The first-order valence-corrected chi connectivity index (χ1v) is 32.1. The molecule has 6 aliphatic rings. The van der Waals surface area contributed by atoms with Gasteiger partial charge >= 0.3 is 0 Å². The number of H-pyrrole nitrogens is 2. The highest BCUT2D eigenvalue weighted by Gasteiger charge is 2.43. The third kappa shape index (κ3) is 15.1. The van der Waals surface area contributed by atoms with Gasteiger partial charge in [0.15, 0.2) is 0 Å². The van der Waals surface area contributed by atoms with E-state index in [1.54, 1.807) is 12.1 Å². The van der Waals surface area contributed by atoms with E-state index in [2.05, 4.69) is 103 Å². The number of aryl methyl sites for hydroxylation is 1. The predicted octanol–water partition coefficient (Wildman–Crippen LogP) is 4.91. The fourth-order valence-electron chi connectivity index (χ4n) is 14.5. The fourth-order valence-corrected chi connectivity index (χ4v) is 14.5. The summed E-state index contributed by atoms with van der Waals surface area (Å²) in [6.07, 6.45) is 4.99. The highest BCUT2D eigenvalue weighted by molar-refractivity contribution is 5.98. The van der Waals surface area contributed by atoms with E-state index in [1.807, 2.05) is 67.0 Å². The molecule has 0 aliphatic carbocycles. The molecule has 5 aromatic rings. The van der Waals surface area contributed by atoms with Crippen molar-refractivity contribution in [3.8, 4) is 0 Å². The summed E-state index contributed by atoms with van der Waals surface area (Å²) in [6.45, 7) is 23.8. The summed E-state index contributed by atoms with van der Waals surface area (Å²) >= 11 is 0. The average Bonchev–Trinajstić information content (AvgIpc) is 1.65. The van der Waals surface area contributed by atoms with Crippen molar-refractivity contribution < 1.29 is 23.6 Å². The van der Waals surface area contributed by atoms with Gasteiger partial charge in [0, 0.05) is 148 Å². The van der Waals surface area contributed by atoms with Crippen LogP contribution >= 0.6 is 0 Å². The van der Waals surface area contributed by atoms with Crippen LogP contribution in [0.1, 0.15) is 118 Å². The van der Waals surface area contributed by atoms with Crippen molar-refractivity contribution in [2.24, 2.45) is 0 Å². The molecule has 3 aromatic carbocycles. The third-order valence-corrected chi connectivity index (χ3v) is 19.2. The van der Waals surface area contributed by atoms with Gasteiger partial charge in [-0.2, -0.15) is 0 Å². The summed E-state index contributed by atoms with van der Waals surface area (Å²) < 4.78 is 13.7. The van der Waals surface area contributed by atoms with Crippen molar-refractivity contribution in [3.05, 3.63) is 162 Å². The van der Waals surface area contributed by atoms with E-state index in [1.165, 1.54) is 12.1 Å². The number of anilines is 2. The normalized spacial score (nSPS) is 24.0. The van der Waals surface area contributed by atoms with Crippen molar-refractivity contribution in [1.82, 2.24) is 50.8 Å². The zero-order chi connectivity index (χ0) is 62.0. The molecule has 19 heteroatoms. The Morgan fingerprint density at radius 2 is 0.966 bits per heavy atom. The minimum absolute atomic E-state index is 0.00296. The number of nitrogens with one attached hydrogen (secondary N) is 6. The number of hydrogen-bond acceptors (Lipinski definition) is 12. The molecule has 18 nitrogen and oxygen atoms in total. The Labute approximate surface area is 517 Å². The Bertz CT molecular complexity index is 3230. The van der Waals surface area contributed by atoms with Gasteiger partial charge in [-0.15, -0.1) is 0 Å². The van der Waals surface area contributed by atoms with Gasteiger partial charge in [-0.05, 0) is 106 Å². The Hall–Kier alpha value is -6.87. The summed E-state index contributed by atoms with van der Waals surface area (Å²) in [5, 5.41) is 13.9. The topological polar surface area (TPSA) is 202 Å². The van der Waals surface area contributed by atoms with Gasteiger partial charge in [0.25, 0.3) is 11.1 Å². The van der Waals surface area contributed by atoms with Crippen molar-refractivity contribution >= 4 is 35.0 Å². The largest absolute Gasteiger partial charge is 0.352 e. The van der Waals surface area contributed by atoms with Gasteiger partial charge in [-0.3, -0.25) is 48.4 Å². The quantitative estimate of drug-likeness (QED) is 0.0694. The smallest absolute Gasteiger partial charge is 0.251 e. The van der Waals surface area contributed by atoms with Crippen molar-refractivity contribution in [2.45, 2.75) is 147 Å². The first-order valence-electron chi connectivity index (χ1n) is 32.1. The fraction of sp³-hybridized carbons (Fsp3) is 0.536. The summed E-state index contributed by atoms with van der Waals surface area (Å²) in [7, 11) is 0. The second kappa shape index (κ2) is 26.7. The van der Waals surface area contributed by atoms with Crippen LogP contribution in [0.4, 0.5) is 15.8 Å². The lowest BCUT2D eigenvalue weighted by molar-refractivity contribution is -0.122. The lowest BCUT2D eigenvalue weighted by Crippen LogP contribution is -2.62. The van der Waals surface area contributed by atoms with Crippen molar-refractivity contribution in [2.75, 3.05) is 101 Å². The van der Waals surface area contributed by atoms with Crippen molar-refractivity contribution in [1.29, 1.82) is 0 Å². The van der Waals surface area contributed by atoms with Crippen LogP contribution in [-0.4, -0.2) is 181 Å². The number of likely N-dealkylation sites (tertiary alicyclic amines) is 2. The number of carbonyl (C=O) groups excluding carboxylic acids is 4. The molecule has 4 saturated heterocycles. The maximum atomic E-state index is 14.4. The molecule has 0 spiro atoms. The molecule has 6 atom stereocenters. The van der Waals surface area contributed by atoms with E-state index in [-0.39, 0.29) is 103 Å². The molecule has 470 valence electrons. The highest BCUT2D eigenvalue weighted by Crippen LogP contribution is 2.41.